The third-order valence-corrected chi connectivity index (χ3v) is 3.29. The molecule has 0 bridgehead atoms. The first-order valence-corrected chi connectivity index (χ1v) is 6.04. The molecule has 1 aliphatic heterocycles. The van der Waals surface area contributed by atoms with Gasteiger partial charge in [0.25, 0.3) is 5.56 Å². The molecule has 0 aliphatic carbocycles. The SMILES string of the molecule is Cn1nccc1-c1cc(=O)[nH]c(C2CCNC2)n1. The summed E-state index contributed by atoms with van der Waals surface area (Å²) in [6.45, 7) is 1.85. The van der Waals surface area contributed by atoms with E-state index in [1.165, 1.54) is 6.07 Å². The number of aryl methyl sites for hydroxylation is 1. The van der Waals surface area contributed by atoms with Crippen molar-refractivity contribution >= 4 is 0 Å². The molecule has 0 aromatic carbocycles. The Hall–Kier alpha value is -1.95. The highest BCUT2D eigenvalue weighted by Crippen LogP contribution is 2.20. The van der Waals surface area contributed by atoms with E-state index in [0.717, 1.165) is 31.0 Å². The maximum absolute atomic E-state index is 11.7. The fourth-order valence-corrected chi connectivity index (χ4v) is 2.31. The number of aromatic amines is 1. The summed E-state index contributed by atoms with van der Waals surface area (Å²) in [4.78, 5) is 19.1. The van der Waals surface area contributed by atoms with Crippen molar-refractivity contribution in [2.75, 3.05) is 13.1 Å². The van der Waals surface area contributed by atoms with E-state index in [2.05, 4.69) is 20.4 Å². The average molecular weight is 245 g/mol. The van der Waals surface area contributed by atoms with Gasteiger partial charge in [0.1, 0.15) is 5.82 Å². The molecule has 3 rings (SSSR count). The maximum Gasteiger partial charge on any atom is 0.251 e. The van der Waals surface area contributed by atoms with Crippen LogP contribution >= 0.6 is 0 Å². The Kier molecular flexibility index (Phi) is 2.71. The summed E-state index contributed by atoms with van der Waals surface area (Å²) in [5.41, 5.74) is 1.43. The van der Waals surface area contributed by atoms with Crippen LogP contribution in [0, 0.1) is 0 Å². The number of nitrogens with one attached hydrogen (secondary N) is 2. The molecule has 1 aliphatic rings. The first-order chi connectivity index (χ1) is 8.74. The molecule has 6 nitrogen and oxygen atoms in total. The van der Waals surface area contributed by atoms with Crippen LogP contribution < -0.4 is 10.9 Å². The third-order valence-electron chi connectivity index (χ3n) is 3.29. The highest BCUT2D eigenvalue weighted by atomic mass is 16.1. The number of H-pyrrole nitrogens is 1. The summed E-state index contributed by atoms with van der Waals surface area (Å²) in [7, 11) is 1.84. The second-order valence-electron chi connectivity index (χ2n) is 4.55. The van der Waals surface area contributed by atoms with Crippen molar-refractivity contribution in [3.05, 3.63) is 34.5 Å². The van der Waals surface area contributed by atoms with Crippen molar-refractivity contribution in [3.63, 3.8) is 0 Å². The molecule has 0 amide bonds. The summed E-state index contributed by atoms with van der Waals surface area (Å²) in [6.07, 6.45) is 2.72. The van der Waals surface area contributed by atoms with Gasteiger partial charge < -0.3 is 10.3 Å². The van der Waals surface area contributed by atoms with Crippen LogP contribution in [0.5, 0.6) is 0 Å². The molecule has 6 heteroatoms. The van der Waals surface area contributed by atoms with E-state index >= 15 is 0 Å². The van der Waals surface area contributed by atoms with Crippen molar-refractivity contribution in [2.24, 2.45) is 7.05 Å². The Bertz CT molecular complexity index is 609. The summed E-state index contributed by atoms with van der Waals surface area (Å²) >= 11 is 0. The van der Waals surface area contributed by atoms with Crippen LogP contribution in [0.3, 0.4) is 0 Å². The molecule has 3 heterocycles. The van der Waals surface area contributed by atoms with E-state index in [9.17, 15) is 4.79 Å². The van der Waals surface area contributed by atoms with E-state index in [4.69, 9.17) is 0 Å². The Morgan fingerprint density at radius 1 is 1.50 bits per heavy atom. The molecule has 2 aromatic rings. The van der Waals surface area contributed by atoms with Crippen LogP contribution in [0.4, 0.5) is 0 Å². The Labute approximate surface area is 104 Å². The van der Waals surface area contributed by atoms with Gasteiger partial charge in [-0.2, -0.15) is 5.10 Å². The molecule has 1 unspecified atom stereocenters. The molecule has 1 atom stereocenters. The van der Waals surface area contributed by atoms with Gasteiger partial charge in [0.05, 0.1) is 11.4 Å². The van der Waals surface area contributed by atoms with Crippen molar-refractivity contribution in [2.45, 2.75) is 12.3 Å². The molecule has 0 radical (unpaired) electrons. The zero-order chi connectivity index (χ0) is 12.5. The Balaban J connectivity index is 2.06. The lowest BCUT2D eigenvalue weighted by atomic mass is 10.1. The van der Waals surface area contributed by atoms with Gasteiger partial charge in [-0.3, -0.25) is 9.48 Å². The van der Waals surface area contributed by atoms with E-state index in [1.807, 2.05) is 13.1 Å². The van der Waals surface area contributed by atoms with Crippen molar-refractivity contribution in [3.8, 4) is 11.4 Å². The molecular formula is C12H15N5O. The molecule has 0 spiro atoms. The molecule has 1 saturated heterocycles. The standard InChI is InChI=1S/C12H15N5O/c1-17-10(3-5-14-17)9-6-11(18)16-12(15-9)8-2-4-13-7-8/h3,5-6,8,13H,2,4,7H2,1H3,(H,15,16,18). The quantitative estimate of drug-likeness (QED) is 0.795. The van der Waals surface area contributed by atoms with Gasteiger partial charge in [0, 0.05) is 31.8 Å². The predicted octanol–water partition coefficient (Wildman–Crippen LogP) is 0.247. The maximum atomic E-state index is 11.7. The lowest BCUT2D eigenvalue weighted by molar-refractivity contribution is 0.695. The number of rotatable bonds is 2. The average Bonchev–Trinajstić information content (AvgIpc) is 2.98. The third kappa shape index (κ3) is 1.95. The molecule has 0 saturated carbocycles. The van der Waals surface area contributed by atoms with Gasteiger partial charge in [0.15, 0.2) is 0 Å². The fourth-order valence-electron chi connectivity index (χ4n) is 2.31. The topological polar surface area (TPSA) is 75.6 Å². The lowest BCUT2D eigenvalue weighted by Gasteiger charge is -2.09. The molecule has 1 fully saturated rings. The minimum absolute atomic E-state index is 0.108. The second-order valence-corrected chi connectivity index (χ2v) is 4.55. The molecule has 94 valence electrons. The summed E-state index contributed by atoms with van der Waals surface area (Å²) in [6, 6.07) is 3.38. The lowest BCUT2D eigenvalue weighted by Crippen LogP contribution is -2.16. The van der Waals surface area contributed by atoms with Crippen LogP contribution in [0.25, 0.3) is 11.4 Å². The van der Waals surface area contributed by atoms with Gasteiger partial charge in [-0.05, 0) is 19.0 Å². The second kappa shape index (κ2) is 4.38. The van der Waals surface area contributed by atoms with E-state index in [0.29, 0.717) is 11.6 Å². The van der Waals surface area contributed by atoms with Gasteiger partial charge >= 0.3 is 0 Å². The number of nitrogens with zero attached hydrogens (tertiary/aromatic N) is 3. The number of hydrogen-bond acceptors (Lipinski definition) is 4. The molecule has 2 aromatic heterocycles. The number of aromatic nitrogens is 4. The summed E-state index contributed by atoms with van der Waals surface area (Å²) in [5, 5.41) is 7.38. The van der Waals surface area contributed by atoms with Crippen LogP contribution in [0.15, 0.2) is 23.1 Å². The van der Waals surface area contributed by atoms with Crippen molar-refractivity contribution in [1.29, 1.82) is 0 Å². The monoisotopic (exact) mass is 245 g/mol. The minimum atomic E-state index is -0.108. The molecule has 2 N–H and O–H groups in total. The molecular weight excluding hydrogens is 230 g/mol. The fraction of sp³-hybridized carbons (Fsp3) is 0.417. The van der Waals surface area contributed by atoms with Crippen molar-refractivity contribution in [1.82, 2.24) is 25.1 Å². The predicted molar refractivity (Wildman–Crippen MR) is 67.3 cm³/mol. The van der Waals surface area contributed by atoms with Gasteiger partial charge in [-0.25, -0.2) is 4.98 Å². The van der Waals surface area contributed by atoms with E-state index in [-0.39, 0.29) is 5.56 Å². The van der Waals surface area contributed by atoms with Crippen LogP contribution in [0.2, 0.25) is 0 Å². The highest BCUT2D eigenvalue weighted by molar-refractivity contribution is 5.53. The minimum Gasteiger partial charge on any atom is -0.316 e. The normalized spacial score (nSPS) is 19.3. The van der Waals surface area contributed by atoms with Gasteiger partial charge in [-0.15, -0.1) is 0 Å². The van der Waals surface area contributed by atoms with Crippen LogP contribution in [-0.2, 0) is 7.05 Å². The smallest absolute Gasteiger partial charge is 0.251 e. The summed E-state index contributed by atoms with van der Waals surface area (Å²) in [5.74, 6) is 1.06. The number of hydrogen-bond donors (Lipinski definition) is 2. The summed E-state index contributed by atoms with van der Waals surface area (Å²) < 4.78 is 1.72. The first-order valence-electron chi connectivity index (χ1n) is 6.04. The molecule has 18 heavy (non-hydrogen) atoms. The highest BCUT2D eigenvalue weighted by Gasteiger charge is 2.20. The first kappa shape index (κ1) is 11.2. The van der Waals surface area contributed by atoms with E-state index in [1.54, 1.807) is 10.9 Å². The Morgan fingerprint density at radius 2 is 2.39 bits per heavy atom. The van der Waals surface area contributed by atoms with Gasteiger partial charge in [-0.1, -0.05) is 0 Å². The largest absolute Gasteiger partial charge is 0.316 e. The zero-order valence-corrected chi connectivity index (χ0v) is 10.2. The van der Waals surface area contributed by atoms with Crippen LogP contribution in [0.1, 0.15) is 18.2 Å². The van der Waals surface area contributed by atoms with E-state index < -0.39 is 0 Å². The van der Waals surface area contributed by atoms with Crippen LogP contribution in [-0.4, -0.2) is 32.8 Å². The van der Waals surface area contributed by atoms with Crippen molar-refractivity contribution < 1.29 is 0 Å². The van der Waals surface area contributed by atoms with Gasteiger partial charge in [0.2, 0.25) is 0 Å². The Morgan fingerprint density at radius 3 is 3.06 bits per heavy atom. The zero-order valence-electron chi connectivity index (χ0n) is 10.2.